The second-order valence-electron chi connectivity index (χ2n) is 5.68. The zero-order chi connectivity index (χ0) is 17.4. The van der Waals surface area contributed by atoms with Crippen molar-refractivity contribution in [3.63, 3.8) is 0 Å². The van der Waals surface area contributed by atoms with Crippen molar-refractivity contribution in [3.8, 4) is 17.2 Å². The van der Waals surface area contributed by atoms with Crippen molar-refractivity contribution in [2.75, 3.05) is 27.9 Å². The molecular weight excluding hydrogens is 302 g/mol. The smallest absolute Gasteiger partial charge is 0.164 e. The van der Waals surface area contributed by atoms with Crippen molar-refractivity contribution in [1.29, 1.82) is 0 Å². The van der Waals surface area contributed by atoms with Crippen molar-refractivity contribution >= 4 is 0 Å². The molecule has 130 valence electrons. The molecule has 0 unspecified atom stereocenters. The first kappa shape index (κ1) is 18.1. The molecule has 0 aromatic heterocycles. The SMILES string of the molecule is COc1cccc(CCCc2c(CCN)ccc(OC)c2OC)c1. The second kappa shape index (κ2) is 9.18. The van der Waals surface area contributed by atoms with E-state index in [9.17, 15) is 0 Å². The van der Waals surface area contributed by atoms with E-state index in [1.54, 1.807) is 21.3 Å². The van der Waals surface area contributed by atoms with E-state index in [-0.39, 0.29) is 0 Å². The normalized spacial score (nSPS) is 10.5. The Balaban J connectivity index is 2.14. The quantitative estimate of drug-likeness (QED) is 0.766. The summed E-state index contributed by atoms with van der Waals surface area (Å²) in [4.78, 5) is 0. The fourth-order valence-corrected chi connectivity index (χ4v) is 2.99. The molecule has 4 heteroatoms. The van der Waals surface area contributed by atoms with Crippen LogP contribution >= 0.6 is 0 Å². The Kier molecular flexibility index (Phi) is 6.94. The fourth-order valence-electron chi connectivity index (χ4n) is 2.99. The van der Waals surface area contributed by atoms with Crippen molar-refractivity contribution in [1.82, 2.24) is 0 Å². The lowest BCUT2D eigenvalue weighted by Gasteiger charge is -2.17. The van der Waals surface area contributed by atoms with Gasteiger partial charge in [0.05, 0.1) is 21.3 Å². The minimum Gasteiger partial charge on any atom is -0.497 e. The summed E-state index contributed by atoms with van der Waals surface area (Å²) in [5.41, 5.74) is 9.47. The van der Waals surface area contributed by atoms with Crippen LogP contribution in [-0.2, 0) is 19.3 Å². The third kappa shape index (κ3) is 4.42. The number of hydrogen-bond donors (Lipinski definition) is 1. The van der Waals surface area contributed by atoms with E-state index in [1.165, 1.54) is 16.7 Å². The Morgan fingerprint density at radius 1 is 0.875 bits per heavy atom. The number of benzene rings is 2. The van der Waals surface area contributed by atoms with Crippen molar-refractivity contribution in [2.45, 2.75) is 25.7 Å². The first-order valence-corrected chi connectivity index (χ1v) is 8.29. The van der Waals surface area contributed by atoms with Gasteiger partial charge in [-0.15, -0.1) is 0 Å². The zero-order valence-corrected chi connectivity index (χ0v) is 14.8. The molecule has 2 aromatic rings. The lowest BCUT2D eigenvalue weighted by Crippen LogP contribution is -2.08. The first-order chi connectivity index (χ1) is 11.7. The Morgan fingerprint density at radius 2 is 1.71 bits per heavy atom. The molecule has 24 heavy (non-hydrogen) atoms. The van der Waals surface area contributed by atoms with E-state index >= 15 is 0 Å². The molecule has 0 atom stereocenters. The van der Waals surface area contributed by atoms with E-state index < -0.39 is 0 Å². The molecule has 0 radical (unpaired) electrons. The Bertz CT molecular complexity index is 655. The van der Waals surface area contributed by atoms with Gasteiger partial charge in [0.2, 0.25) is 0 Å². The van der Waals surface area contributed by atoms with Crippen LogP contribution in [0.4, 0.5) is 0 Å². The summed E-state index contributed by atoms with van der Waals surface area (Å²) in [6.07, 6.45) is 3.77. The molecule has 2 rings (SSSR count). The standard InChI is InChI=1S/C20H27NO3/c1-22-17-8-4-6-15(14-17)7-5-9-18-16(12-13-21)10-11-19(23-2)20(18)24-3/h4,6,8,10-11,14H,5,7,9,12-13,21H2,1-3H3. The highest BCUT2D eigenvalue weighted by Crippen LogP contribution is 2.34. The molecule has 0 aliphatic carbocycles. The van der Waals surface area contributed by atoms with E-state index in [0.717, 1.165) is 42.9 Å². The maximum Gasteiger partial charge on any atom is 0.164 e. The monoisotopic (exact) mass is 329 g/mol. The van der Waals surface area contributed by atoms with Crippen LogP contribution in [0.5, 0.6) is 17.2 Å². The van der Waals surface area contributed by atoms with Gasteiger partial charge in [-0.05, 0) is 61.6 Å². The molecule has 0 amide bonds. The third-order valence-electron chi connectivity index (χ3n) is 4.19. The topological polar surface area (TPSA) is 53.7 Å². The molecule has 0 aliphatic rings. The van der Waals surface area contributed by atoms with Crippen LogP contribution in [0.1, 0.15) is 23.1 Å². The molecule has 2 aromatic carbocycles. The molecule has 0 spiro atoms. The summed E-state index contributed by atoms with van der Waals surface area (Å²) in [5, 5.41) is 0. The Hall–Kier alpha value is -2.20. The van der Waals surface area contributed by atoms with Gasteiger partial charge in [0.1, 0.15) is 5.75 Å². The number of methoxy groups -OCH3 is 3. The van der Waals surface area contributed by atoms with Gasteiger partial charge < -0.3 is 19.9 Å². The summed E-state index contributed by atoms with van der Waals surface area (Å²) in [6.45, 7) is 0.623. The van der Waals surface area contributed by atoms with Gasteiger partial charge >= 0.3 is 0 Å². The Labute approximate surface area is 144 Å². The summed E-state index contributed by atoms with van der Waals surface area (Å²) in [7, 11) is 5.05. The molecule has 0 saturated heterocycles. The van der Waals surface area contributed by atoms with Crippen LogP contribution in [0.15, 0.2) is 36.4 Å². The molecule has 0 aliphatic heterocycles. The number of aryl methyl sites for hydroxylation is 1. The number of ether oxygens (including phenoxy) is 3. The summed E-state index contributed by atoms with van der Waals surface area (Å²) in [5.74, 6) is 2.50. The average Bonchev–Trinajstić information content (AvgIpc) is 2.62. The summed E-state index contributed by atoms with van der Waals surface area (Å²) >= 11 is 0. The van der Waals surface area contributed by atoms with Gasteiger partial charge in [-0.2, -0.15) is 0 Å². The molecule has 0 saturated carbocycles. The summed E-state index contributed by atoms with van der Waals surface area (Å²) < 4.78 is 16.3. The van der Waals surface area contributed by atoms with Gasteiger partial charge in [-0.3, -0.25) is 0 Å². The van der Waals surface area contributed by atoms with E-state index in [1.807, 2.05) is 18.2 Å². The highest BCUT2D eigenvalue weighted by atomic mass is 16.5. The molecule has 4 nitrogen and oxygen atoms in total. The van der Waals surface area contributed by atoms with Crippen molar-refractivity contribution < 1.29 is 14.2 Å². The third-order valence-corrected chi connectivity index (χ3v) is 4.19. The zero-order valence-electron chi connectivity index (χ0n) is 14.8. The molecule has 0 fully saturated rings. The first-order valence-electron chi connectivity index (χ1n) is 8.29. The molecule has 2 N–H and O–H groups in total. The van der Waals surface area contributed by atoms with Crippen LogP contribution < -0.4 is 19.9 Å². The predicted molar refractivity (Wildman–Crippen MR) is 97.3 cm³/mol. The van der Waals surface area contributed by atoms with Gasteiger partial charge in [0, 0.05) is 5.56 Å². The Morgan fingerprint density at radius 3 is 2.38 bits per heavy atom. The van der Waals surface area contributed by atoms with Crippen LogP contribution in [0, 0.1) is 0 Å². The van der Waals surface area contributed by atoms with Crippen molar-refractivity contribution in [2.24, 2.45) is 5.73 Å². The average molecular weight is 329 g/mol. The lowest BCUT2D eigenvalue weighted by atomic mass is 9.96. The van der Waals surface area contributed by atoms with Crippen LogP contribution in [-0.4, -0.2) is 27.9 Å². The molecule has 0 heterocycles. The number of nitrogens with two attached hydrogens (primary N) is 1. The van der Waals surface area contributed by atoms with Gasteiger partial charge in [0.25, 0.3) is 0 Å². The van der Waals surface area contributed by atoms with Crippen LogP contribution in [0.3, 0.4) is 0 Å². The number of rotatable bonds is 9. The second-order valence-corrected chi connectivity index (χ2v) is 5.68. The minimum atomic E-state index is 0.623. The maximum atomic E-state index is 5.76. The van der Waals surface area contributed by atoms with Crippen LogP contribution in [0.2, 0.25) is 0 Å². The fraction of sp³-hybridized carbons (Fsp3) is 0.400. The molecular formula is C20H27NO3. The number of hydrogen-bond acceptors (Lipinski definition) is 4. The minimum absolute atomic E-state index is 0.623. The highest BCUT2D eigenvalue weighted by molar-refractivity contribution is 5.51. The van der Waals surface area contributed by atoms with Gasteiger partial charge in [0.15, 0.2) is 11.5 Å². The van der Waals surface area contributed by atoms with Crippen molar-refractivity contribution in [3.05, 3.63) is 53.1 Å². The van der Waals surface area contributed by atoms with E-state index in [2.05, 4.69) is 18.2 Å². The highest BCUT2D eigenvalue weighted by Gasteiger charge is 2.14. The summed E-state index contributed by atoms with van der Waals surface area (Å²) in [6, 6.07) is 12.3. The maximum absolute atomic E-state index is 5.76. The largest absolute Gasteiger partial charge is 0.497 e. The van der Waals surface area contributed by atoms with E-state index in [0.29, 0.717) is 6.54 Å². The van der Waals surface area contributed by atoms with Gasteiger partial charge in [-0.25, -0.2) is 0 Å². The molecule has 0 bridgehead atoms. The lowest BCUT2D eigenvalue weighted by molar-refractivity contribution is 0.351. The van der Waals surface area contributed by atoms with Crippen LogP contribution in [0.25, 0.3) is 0 Å². The predicted octanol–water partition coefficient (Wildman–Crippen LogP) is 3.39. The van der Waals surface area contributed by atoms with E-state index in [4.69, 9.17) is 19.9 Å². The van der Waals surface area contributed by atoms with Gasteiger partial charge in [-0.1, -0.05) is 18.2 Å².